The Morgan fingerprint density at radius 2 is 1.93 bits per heavy atom. The number of ether oxygens (including phenoxy) is 1. The standard InChI is InChI=1S/C20H18N4O3S/c1-3-13-27-18-11-9-16(10-12-18)19(14-23(25)26)28-20-22-21-15(2)24(20)17-7-5-4-6-8-17/h1,4-12,19H,13-14H2,2H3/t19-/m0/s1. The Labute approximate surface area is 166 Å². The number of hydrogen-bond acceptors (Lipinski definition) is 6. The first-order valence-electron chi connectivity index (χ1n) is 8.50. The van der Waals surface area contributed by atoms with Crippen molar-refractivity contribution in [1.29, 1.82) is 0 Å². The molecule has 0 aliphatic carbocycles. The van der Waals surface area contributed by atoms with Gasteiger partial charge in [0.25, 0.3) is 0 Å². The molecule has 0 radical (unpaired) electrons. The maximum Gasteiger partial charge on any atom is 0.220 e. The monoisotopic (exact) mass is 394 g/mol. The fourth-order valence-corrected chi connectivity index (χ4v) is 3.85. The highest BCUT2D eigenvalue weighted by Gasteiger charge is 2.23. The van der Waals surface area contributed by atoms with Gasteiger partial charge in [-0.15, -0.1) is 16.6 Å². The van der Waals surface area contributed by atoms with E-state index < -0.39 is 5.25 Å². The topological polar surface area (TPSA) is 83.1 Å². The van der Waals surface area contributed by atoms with E-state index >= 15 is 0 Å². The van der Waals surface area contributed by atoms with Crippen LogP contribution in [0.2, 0.25) is 0 Å². The van der Waals surface area contributed by atoms with Crippen molar-refractivity contribution in [2.45, 2.75) is 17.3 Å². The van der Waals surface area contributed by atoms with E-state index in [1.807, 2.05) is 54.0 Å². The van der Waals surface area contributed by atoms with E-state index in [0.29, 0.717) is 16.7 Å². The molecule has 0 spiro atoms. The van der Waals surface area contributed by atoms with Crippen LogP contribution < -0.4 is 4.74 Å². The van der Waals surface area contributed by atoms with Crippen molar-refractivity contribution >= 4 is 11.8 Å². The van der Waals surface area contributed by atoms with Gasteiger partial charge in [-0.25, -0.2) is 0 Å². The Kier molecular flexibility index (Phi) is 6.29. The van der Waals surface area contributed by atoms with Crippen LogP contribution in [0.25, 0.3) is 5.69 Å². The van der Waals surface area contributed by atoms with Crippen LogP contribution >= 0.6 is 11.8 Å². The predicted octanol–water partition coefficient (Wildman–Crippen LogP) is 3.70. The summed E-state index contributed by atoms with van der Waals surface area (Å²) < 4.78 is 7.26. The number of aryl methyl sites for hydroxylation is 1. The molecule has 28 heavy (non-hydrogen) atoms. The maximum absolute atomic E-state index is 11.2. The third-order valence-electron chi connectivity index (χ3n) is 3.95. The van der Waals surface area contributed by atoms with Crippen molar-refractivity contribution < 1.29 is 9.66 Å². The number of benzene rings is 2. The molecule has 0 N–H and O–H groups in total. The molecule has 0 fully saturated rings. The summed E-state index contributed by atoms with van der Waals surface area (Å²) in [6.45, 7) is 1.78. The highest BCUT2D eigenvalue weighted by Crippen LogP contribution is 2.36. The lowest BCUT2D eigenvalue weighted by Gasteiger charge is -2.14. The molecule has 1 heterocycles. The maximum atomic E-state index is 11.2. The summed E-state index contributed by atoms with van der Waals surface area (Å²) in [5, 5.41) is 19.8. The minimum atomic E-state index is -0.428. The van der Waals surface area contributed by atoms with E-state index in [1.165, 1.54) is 11.8 Å². The van der Waals surface area contributed by atoms with Gasteiger partial charge < -0.3 is 4.74 Å². The number of hydrogen-bond donors (Lipinski definition) is 0. The number of nitro groups is 1. The molecule has 0 bridgehead atoms. The van der Waals surface area contributed by atoms with Gasteiger partial charge >= 0.3 is 0 Å². The number of thioether (sulfide) groups is 1. The molecule has 0 amide bonds. The normalized spacial score (nSPS) is 11.6. The van der Waals surface area contributed by atoms with Gasteiger partial charge in [0.2, 0.25) is 6.54 Å². The molecule has 142 valence electrons. The van der Waals surface area contributed by atoms with Gasteiger partial charge in [0, 0.05) is 10.6 Å². The number of terminal acetylenes is 1. The van der Waals surface area contributed by atoms with Crippen LogP contribution in [0.15, 0.2) is 59.8 Å². The minimum absolute atomic E-state index is 0.173. The van der Waals surface area contributed by atoms with Crippen molar-refractivity contribution in [3.05, 3.63) is 76.1 Å². The van der Waals surface area contributed by atoms with Gasteiger partial charge in [-0.3, -0.25) is 14.7 Å². The van der Waals surface area contributed by atoms with Crippen LogP contribution in [0.1, 0.15) is 16.6 Å². The third kappa shape index (κ3) is 4.69. The summed E-state index contributed by atoms with van der Waals surface area (Å²) >= 11 is 1.31. The zero-order valence-corrected chi connectivity index (χ0v) is 16.0. The van der Waals surface area contributed by atoms with Crippen LogP contribution in [-0.2, 0) is 0 Å². The van der Waals surface area contributed by atoms with Gasteiger partial charge in [-0.1, -0.05) is 48.0 Å². The second kappa shape index (κ2) is 9.06. The number of aromatic nitrogens is 3. The van der Waals surface area contributed by atoms with E-state index in [4.69, 9.17) is 11.2 Å². The summed E-state index contributed by atoms with van der Waals surface area (Å²) in [6.07, 6.45) is 5.19. The second-order valence-electron chi connectivity index (χ2n) is 5.88. The van der Waals surface area contributed by atoms with Gasteiger partial charge in [0.15, 0.2) is 5.16 Å². The number of nitrogens with zero attached hydrogens (tertiary/aromatic N) is 4. The first-order chi connectivity index (χ1) is 13.6. The molecule has 0 aliphatic heterocycles. The molecule has 3 rings (SSSR count). The largest absolute Gasteiger partial charge is 0.481 e. The van der Waals surface area contributed by atoms with Gasteiger partial charge in [-0.2, -0.15) is 0 Å². The smallest absolute Gasteiger partial charge is 0.220 e. The molecule has 2 aromatic carbocycles. The minimum Gasteiger partial charge on any atom is -0.481 e. The van der Waals surface area contributed by atoms with Crippen molar-refractivity contribution in [2.24, 2.45) is 0 Å². The van der Waals surface area contributed by atoms with Gasteiger partial charge in [0.1, 0.15) is 23.4 Å². The molecule has 8 heteroatoms. The van der Waals surface area contributed by atoms with E-state index in [0.717, 1.165) is 11.3 Å². The molecule has 0 aliphatic rings. The SMILES string of the molecule is C#CCOc1ccc([C@H](C[N+](=O)[O-])Sc2nnc(C)n2-c2ccccc2)cc1. The third-order valence-corrected chi connectivity index (χ3v) is 5.13. The summed E-state index contributed by atoms with van der Waals surface area (Å²) in [5.41, 5.74) is 1.71. The second-order valence-corrected chi connectivity index (χ2v) is 7.05. The summed E-state index contributed by atoms with van der Waals surface area (Å²) in [6, 6.07) is 16.8. The fraction of sp³-hybridized carbons (Fsp3) is 0.200. The van der Waals surface area contributed by atoms with Crippen LogP contribution in [0.4, 0.5) is 0 Å². The van der Waals surface area contributed by atoms with E-state index in [9.17, 15) is 10.1 Å². The van der Waals surface area contributed by atoms with Crippen LogP contribution in [0, 0.1) is 29.4 Å². The molecule has 0 saturated carbocycles. The molecule has 1 atom stereocenters. The fourth-order valence-electron chi connectivity index (χ4n) is 2.67. The highest BCUT2D eigenvalue weighted by atomic mass is 32.2. The Hall–Kier alpha value is -3.31. The van der Waals surface area contributed by atoms with Crippen LogP contribution in [-0.4, -0.2) is 32.8 Å². The lowest BCUT2D eigenvalue weighted by Crippen LogP contribution is -2.11. The highest BCUT2D eigenvalue weighted by molar-refractivity contribution is 7.99. The van der Waals surface area contributed by atoms with E-state index in [2.05, 4.69) is 16.1 Å². The molecular formula is C20H18N4O3S. The number of para-hydroxylation sites is 1. The zero-order valence-electron chi connectivity index (χ0n) is 15.2. The molecule has 7 nitrogen and oxygen atoms in total. The average Bonchev–Trinajstić information content (AvgIpc) is 3.06. The molecule has 0 unspecified atom stereocenters. The van der Waals surface area contributed by atoms with E-state index in [1.54, 1.807) is 12.1 Å². The molecule has 3 aromatic rings. The Bertz CT molecular complexity index is 981. The Morgan fingerprint density at radius 3 is 2.57 bits per heavy atom. The molecular weight excluding hydrogens is 376 g/mol. The quantitative estimate of drug-likeness (QED) is 0.251. The summed E-state index contributed by atoms with van der Waals surface area (Å²) in [7, 11) is 0. The average molecular weight is 394 g/mol. The lowest BCUT2D eigenvalue weighted by atomic mass is 10.1. The number of rotatable bonds is 8. The zero-order chi connectivity index (χ0) is 19.9. The van der Waals surface area contributed by atoms with Crippen molar-refractivity contribution in [3.63, 3.8) is 0 Å². The molecule has 1 aromatic heterocycles. The predicted molar refractivity (Wildman–Crippen MR) is 107 cm³/mol. The van der Waals surface area contributed by atoms with Crippen LogP contribution in [0.5, 0.6) is 5.75 Å². The first kappa shape index (κ1) is 19.5. The Morgan fingerprint density at radius 1 is 1.21 bits per heavy atom. The summed E-state index contributed by atoms with van der Waals surface area (Å²) in [4.78, 5) is 10.9. The van der Waals surface area contributed by atoms with Crippen molar-refractivity contribution in [3.8, 4) is 23.8 Å². The van der Waals surface area contributed by atoms with E-state index in [-0.39, 0.29) is 18.1 Å². The summed E-state index contributed by atoms with van der Waals surface area (Å²) in [5.74, 6) is 3.74. The van der Waals surface area contributed by atoms with Gasteiger partial charge in [-0.05, 0) is 36.8 Å². The van der Waals surface area contributed by atoms with Crippen molar-refractivity contribution in [2.75, 3.05) is 13.2 Å². The van der Waals surface area contributed by atoms with Crippen LogP contribution in [0.3, 0.4) is 0 Å². The van der Waals surface area contributed by atoms with Crippen molar-refractivity contribution in [1.82, 2.24) is 14.8 Å². The lowest BCUT2D eigenvalue weighted by molar-refractivity contribution is -0.479. The van der Waals surface area contributed by atoms with Gasteiger partial charge in [0.05, 0.1) is 0 Å². The Balaban J connectivity index is 1.88. The first-order valence-corrected chi connectivity index (χ1v) is 9.38. The molecule has 0 saturated heterocycles.